The van der Waals surface area contributed by atoms with Gasteiger partial charge in [0.1, 0.15) is 0 Å². The van der Waals surface area contributed by atoms with Gasteiger partial charge in [0.15, 0.2) is 0 Å². The lowest BCUT2D eigenvalue weighted by atomic mass is 9.97. The topological polar surface area (TPSA) is 26.0 Å². The molecule has 0 heterocycles. The highest BCUT2D eigenvalue weighted by Crippen LogP contribution is 2.22. The predicted octanol–water partition coefficient (Wildman–Crippen LogP) is 1.16. The van der Waals surface area contributed by atoms with Crippen molar-refractivity contribution in [3.63, 3.8) is 0 Å². The van der Waals surface area contributed by atoms with Crippen LogP contribution in [0.4, 0.5) is 0 Å². The average Bonchev–Trinajstić information content (AvgIpc) is 1.67. The van der Waals surface area contributed by atoms with Crippen LogP contribution in [0.15, 0.2) is 0 Å². The third-order valence-electron chi connectivity index (χ3n) is 1.21. The zero-order valence-electron chi connectivity index (χ0n) is 5.26. The van der Waals surface area contributed by atoms with Gasteiger partial charge < -0.3 is 5.73 Å². The first kappa shape index (κ1) is 8.66. The van der Waals surface area contributed by atoms with Crippen molar-refractivity contribution in [1.29, 1.82) is 0 Å². The third-order valence-corrected chi connectivity index (χ3v) is 2.72. The largest absolute Gasteiger partial charge is 0.319 e. The molecule has 0 aliphatic carbocycles. The maximum Gasteiger partial charge on any atom is 0.0537 e. The monoisotopic (exact) mass is 151 g/mol. The predicted molar refractivity (Wildman–Crippen MR) is 44.6 cm³/mol. The summed E-state index contributed by atoms with van der Waals surface area (Å²) >= 11 is 8.20. The Morgan fingerprint density at radius 2 is 2.00 bits per heavy atom. The lowest BCUT2D eigenvalue weighted by Gasteiger charge is -2.25. The highest BCUT2D eigenvalue weighted by molar-refractivity contribution is 7.81. The van der Waals surface area contributed by atoms with E-state index in [1.807, 2.05) is 13.8 Å². The van der Waals surface area contributed by atoms with Crippen molar-refractivity contribution < 1.29 is 0 Å². The standard InChI is InChI=1S/C5H13NS2/c1-5(2,3-7)4(6)8/h4,7-8H,3,6H2,1-2H3. The molecule has 0 saturated heterocycles. The van der Waals surface area contributed by atoms with Gasteiger partial charge in [0.05, 0.1) is 5.37 Å². The molecule has 0 aromatic carbocycles. The van der Waals surface area contributed by atoms with E-state index in [2.05, 4.69) is 25.3 Å². The van der Waals surface area contributed by atoms with Gasteiger partial charge in [-0.25, -0.2) is 0 Å². The Morgan fingerprint density at radius 3 is 2.00 bits per heavy atom. The number of rotatable bonds is 2. The van der Waals surface area contributed by atoms with E-state index >= 15 is 0 Å². The molecule has 0 aliphatic heterocycles. The van der Waals surface area contributed by atoms with Gasteiger partial charge in [0, 0.05) is 0 Å². The Kier molecular flexibility index (Phi) is 3.24. The normalized spacial score (nSPS) is 16.1. The maximum absolute atomic E-state index is 5.50. The summed E-state index contributed by atoms with van der Waals surface area (Å²) in [5.41, 5.74) is 5.54. The van der Waals surface area contributed by atoms with E-state index in [1.54, 1.807) is 0 Å². The molecule has 0 bridgehead atoms. The summed E-state index contributed by atoms with van der Waals surface area (Å²) < 4.78 is 0. The zero-order valence-corrected chi connectivity index (χ0v) is 7.05. The molecule has 0 aromatic rings. The first-order chi connectivity index (χ1) is 3.50. The minimum Gasteiger partial charge on any atom is -0.319 e. The minimum atomic E-state index is -0.0694. The first-order valence-corrected chi connectivity index (χ1v) is 3.70. The summed E-state index contributed by atoms with van der Waals surface area (Å²) in [5, 5.41) is -0.0694. The molecule has 8 heavy (non-hydrogen) atoms. The number of hydrogen-bond acceptors (Lipinski definition) is 3. The number of hydrogen-bond donors (Lipinski definition) is 3. The highest BCUT2D eigenvalue weighted by atomic mass is 32.1. The Morgan fingerprint density at radius 1 is 1.62 bits per heavy atom. The van der Waals surface area contributed by atoms with Crippen molar-refractivity contribution >= 4 is 25.3 Å². The van der Waals surface area contributed by atoms with Crippen LogP contribution < -0.4 is 5.73 Å². The first-order valence-electron chi connectivity index (χ1n) is 2.55. The van der Waals surface area contributed by atoms with Crippen LogP contribution in [0.1, 0.15) is 13.8 Å². The van der Waals surface area contributed by atoms with Crippen molar-refractivity contribution in [2.24, 2.45) is 11.1 Å². The van der Waals surface area contributed by atoms with Gasteiger partial charge in [-0.2, -0.15) is 25.3 Å². The smallest absolute Gasteiger partial charge is 0.0537 e. The van der Waals surface area contributed by atoms with Gasteiger partial charge in [-0.3, -0.25) is 0 Å². The van der Waals surface area contributed by atoms with E-state index in [0.29, 0.717) is 0 Å². The van der Waals surface area contributed by atoms with Gasteiger partial charge in [0.25, 0.3) is 0 Å². The molecule has 0 fully saturated rings. The molecule has 0 aromatic heterocycles. The van der Waals surface area contributed by atoms with Crippen molar-refractivity contribution in [2.75, 3.05) is 5.75 Å². The summed E-state index contributed by atoms with van der Waals surface area (Å²) in [5.74, 6) is 0.775. The number of nitrogens with two attached hydrogens (primary N) is 1. The molecule has 1 nitrogen and oxygen atoms in total. The fourth-order valence-corrected chi connectivity index (χ4v) is 0.526. The minimum absolute atomic E-state index is 0.0478. The molecule has 0 amide bonds. The maximum atomic E-state index is 5.50. The highest BCUT2D eigenvalue weighted by Gasteiger charge is 2.20. The van der Waals surface area contributed by atoms with Crippen LogP contribution in [-0.4, -0.2) is 11.1 Å². The Bertz CT molecular complexity index is 70.8. The van der Waals surface area contributed by atoms with Crippen LogP contribution in [0.5, 0.6) is 0 Å². The van der Waals surface area contributed by atoms with E-state index in [-0.39, 0.29) is 10.8 Å². The SMILES string of the molecule is CC(C)(CS)C(N)S. The molecule has 0 aliphatic rings. The van der Waals surface area contributed by atoms with Gasteiger partial charge in [-0.05, 0) is 11.2 Å². The van der Waals surface area contributed by atoms with Crippen LogP contribution >= 0.6 is 25.3 Å². The average molecular weight is 151 g/mol. The van der Waals surface area contributed by atoms with Gasteiger partial charge in [-0.1, -0.05) is 13.8 Å². The second-order valence-electron chi connectivity index (χ2n) is 2.59. The molecule has 0 radical (unpaired) electrons. The van der Waals surface area contributed by atoms with E-state index in [1.165, 1.54) is 0 Å². The molecule has 2 N–H and O–H groups in total. The Labute approximate surface area is 61.8 Å². The van der Waals surface area contributed by atoms with E-state index < -0.39 is 0 Å². The molecule has 50 valence electrons. The van der Waals surface area contributed by atoms with E-state index in [9.17, 15) is 0 Å². The van der Waals surface area contributed by atoms with E-state index in [4.69, 9.17) is 5.73 Å². The van der Waals surface area contributed by atoms with Crippen LogP contribution in [-0.2, 0) is 0 Å². The number of thiol groups is 2. The van der Waals surface area contributed by atoms with Crippen molar-refractivity contribution in [1.82, 2.24) is 0 Å². The van der Waals surface area contributed by atoms with E-state index in [0.717, 1.165) is 5.75 Å². The second-order valence-corrected chi connectivity index (χ2v) is 3.46. The third kappa shape index (κ3) is 2.29. The van der Waals surface area contributed by atoms with Gasteiger partial charge in [0.2, 0.25) is 0 Å². The molecule has 3 heteroatoms. The molecular weight excluding hydrogens is 138 g/mol. The van der Waals surface area contributed by atoms with Gasteiger partial charge >= 0.3 is 0 Å². The van der Waals surface area contributed by atoms with Gasteiger partial charge in [-0.15, -0.1) is 0 Å². The lowest BCUT2D eigenvalue weighted by molar-refractivity contribution is 0.413. The summed E-state index contributed by atoms with van der Waals surface area (Å²) in [6, 6.07) is 0. The molecule has 0 spiro atoms. The van der Waals surface area contributed by atoms with Crippen LogP contribution in [0.3, 0.4) is 0 Å². The quantitative estimate of drug-likeness (QED) is 0.401. The zero-order chi connectivity index (χ0) is 6.78. The second kappa shape index (κ2) is 2.99. The fourth-order valence-electron chi connectivity index (χ4n) is 0.0935. The van der Waals surface area contributed by atoms with Crippen molar-refractivity contribution in [3.8, 4) is 0 Å². The molecule has 0 rings (SSSR count). The summed E-state index contributed by atoms with van der Waals surface area (Å²) in [7, 11) is 0. The molecule has 1 atom stereocenters. The lowest BCUT2D eigenvalue weighted by Crippen LogP contribution is -2.33. The Balaban J connectivity index is 3.71. The summed E-state index contributed by atoms with van der Waals surface area (Å²) in [4.78, 5) is 0. The summed E-state index contributed by atoms with van der Waals surface area (Å²) in [6.07, 6.45) is 0. The molecule has 1 unspecified atom stereocenters. The van der Waals surface area contributed by atoms with Crippen molar-refractivity contribution in [3.05, 3.63) is 0 Å². The van der Waals surface area contributed by atoms with Crippen molar-refractivity contribution in [2.45, 2.75) is 19.2 Å². The van der Waals surface area contributed by atoms with Crippen LogP contribution in [0, 0.1) is 5.41 Å². The van der Waals surface area contributed by atoms with Crippen LogP contribution in [0.25, 0.3) is 0 Å². The summed E-state index contributed by atoms with van der Waals surface area (Å²) in [6.45, 7) is 4.08. The fraction of sp³-hybridized carbons (Fsp3) is 1.00. The molecule has 0 saturated carbocycles. The van der Waals surface area contributed by atoms with Crippen LogP contribution in [0.2, 0.25) is 0 Å². The molecular formula is C5H13NS2. The Hall–Kier alpha value is 0.660.